The lowest BCUT2D eigenvalue weighted by atomic mass is 9.79. The molecule has 1 saturated carbocycles. The first-order chi connectivity index (χ1) is 18.9. The molecule has 2 atom stereocenters. The highest BCUT2D eigenvalue weighted by molar-refractivity contribution is 9.10. The van der Waals surface area contributed by atoms with Crippen molar-refractivity contribution in [1.82, 2.24) is 14.8 Å². The average molecular weight is 617 g/mol. The summed E-state index contributed by atoms with van der Waals surface area (Å²) in [5.41, 5.74) is 3.09. The van der Waals surface area contributed by atoms with Crippen molar-refractivity contribution in [2.75, 3.05) is 26.8 Å². The van der Waals surface area contributed by atoms with Gasteiger partial charge in [-0.1, -0.05) is 22.0 Å². The van der Waals surface area contributed by atoms with Crippen molar-refractivity contribution in [2.45, 2.75) is 83.9 Å². The third kappa shape index (κ3) is 8.19. The van der Waals surface area contributed by atoms with Crippen molar-refractivity contribution in [3.63, 3.8) is 0 Å². The van der Waals surface area contributed by atoms with Crippen LogP contribution in [0.15, 0.2) is 39.6 Å². The Bertz CT molecular complexity index is 1270. The third-order valence-electron chi connectivity index (χ3n) is 7.47. The number of methoxy groups -OCH3 is 1. The number of hydrogen-bond acceptors (Lipinski definition) is 5. The molecule has 4 rings (SSSR count). The number of benzene rings is 1. The Morgan fingerprint density at radius 1 is 1.10 bits per heavy atom. The minimum Gasteiger partial charge on any atom is -0.444 e. The fraction of sp³-hybridized carbons (Fsp3) is 0.581. The maximum atomic E-state index is 14.4. The maximum Gasteiger partial charge on any atom is 0.410 e. The van der Waals surface area contributed by atoms with Crippen LogP contribution in [0.2, 0.25) is 0 Å². The van der Waals surface area contributed by atoms with Gasteiger partial charge in [0.1, 0.15) is 5.60 Å². The number of carbonyl (C=O) groups is 2. The molecule has 8 nitrogen and oxygen atoms in total. The van der Waals surface area contributed by atoms with Gasteiger partial charge < -0.3 is 24.3 Å². The van der Waals surface area contributed by atoms with Gasteiger partial charge in [0.15, 0.2) is 0 Å². The van der Waals surface area contributed by atoms with Crippen LogP contribution < -0.4 is 5.56 Å². The Kier molecular flexibility index (Phi) is 9.77. The molecule has 1 aromatic heterocycles. The Hall–Kier alpha value is -2.65. The molecule has 1 aromatic carbocycles. The largest absolute Gasteiger partial charge is 0.444 e. The number of pyridine rings is 1. The number of likely N-dealkylation sites (tertiary alicyclic amines) is 1. The van der Waals surface area contributed by atoms with Gasteiger partial charge in [-0.05, 0) is 101 Å². The second kappa shape index (κ2) is 12.9. The highest BCUT2D eigenvalue weighted by Crippen LogP contribution is 2.38. The molecule has 2 aliphatic rings. The number of halogens is 1. The monoisotopic (exact) mass is 615 g/mol. The van der Waals surface area contributed by atoms with Gasteiger partial charge in [-0.25, -0.2) is 4.79 Å². The average Bonchev–Trinajstić information content (AvgIpc) is 3.70. The zero-order valence-electron chi connectivity index (χ0n) is 24.3. The van der Waals surface area contributed by atoms with Crippen LogP contribution in [0.3, 0.4) is 0 Å². The van der Waals surface area contributed by atoms with E-state index in [1.54, 1.807) is 18.1 Å². The van der Waals surface area contributed by atoms with E-state index in [1.807, 2.05) is 38.7 Å². The minimum absolute atomic E-state index is 0.0274. The van der Waals surface area contributed by atoms with Gasteiger partial charge >= 0.3 is 6.09 Å². The molecule has 0 bridgehead atoms. The Balaban J connectivity index is 1.62. The number of aromatic nitrogens is 1. The molecule has 9 heteroatoms. The lowest BCUT2D eigenvalue weighted by molar-refractivity contribution is -0.139. The lowest BCUT2D eigenvalue weighted by Gasteiger charge is -2.40. The predicted molar refractivity (Wildman–Crippen MR) is 158 cm³/mol. The number of piperidine rings is 1. The summed E-state index contributed by atoms with van der Waals surface area (Å²) in [7, 11) is 1.71. The second-order valence-electron chi connectivity index (χ2n) is 12.2. The number of ether oxygens (including phenoxy) is 2. The van der Waals surface area contributed by atoms with E-state index in [-0.39, 0.29) is 30.0 Å². The summed E-state index contributed by atoms with van der Waals surface area (Å²) in [6.07, 6.45) is 3.94. The number of amides is 2. The molecular formula is C31H42BrN3O5. The first-order valence-corrected chi connectivity index (χ1v) is 15.0. The van der Waals surface area contributed by atoms with E-state index in [2.05, 4.69) is 39.1 Å². The Morgan fingerprint density at radius 3 is 2.48 bits per heavy atom. The lowest BCUT2D eigenvalue weighted by Crippen LogP contribution is -2.51. The second-order valence-corrected chi connectivity index (χ2v) is 13.1. The molecule has 218 valence electrons. The van der Waals surface area contributed by atoms with Crippen LogP contribution in [0.1, 0.15) is 74.8 Å². The van der Waals surface area contributed by atoms with Crippen molar-refractivity contribution in [2.24, 2.45) is 5.92 Å². The van der Waals surface area contributed by atoms with Crippen molar-refractivity contribution in [1.29, 1.82) is 0 Å². The van der Waals surface area contributed by atoms with E-state index in [0.717, 1.165) is 47.0 Å². The number of H-pyrrole nitrogens is 1. The van der Waals surface area contributed by atoms with E-state index in [4.69, 9.17) is 9.47 Å². The fourth-order valence-corrected chi connectivity index (χ4v) is 6.16. The van der Waals surface area contributed by atoms with Crippen LogP contribution in [-0.4, -0.2) is 65.2 Å². The number of nitrogens with one attached hydrogen (secondary N) is 1. The van der Waals surface area contributed by atoms with Gasteiger partial charge in [-0.2, -0.15) is 0 Å². The normalized spacial score (nSPS) is 19.4. The van der Waals surface area contributed by atoms with Crippen molar-refractivity contribution in [3.05, 3.63) is 67.5 Å². The van der Waals surface area contributed by atoms with Crippen LogP contribution in [0, 0.1) is 12.8 Å². The fourth-order valence-electron chi connectivity index (χ4n) is 5.57. The van der Waals surface area contributed by atoms with Crippen molar-refractivity contribution >= 4 is 27.9 Å². The highest BCUT2D eigenvalue weighted by atomic mass is 79.9. The molecule has 2 aromatic rings. The summed E-state index contributed by atoms with van der Waals surface area (Å²) in [6.45, 7) is 9.31. The third-order valence-corrected chi connectivity index (χ3v) is 7.92. The molecule has 2 heterocycles. The standard InChI is InChI=1S/C31H42BrN3O5/c1-20-13-23(17-28(36)33-20)26-10-11-34(30(38)40-31(2,3)4)19-27(26)29(37)35(25-8-9-25)18-22-14-21(7-6-12-39-5)15-24(32)16-22/h13-17,25-27H,6-12,18-19H2,1-5H3,(H,33,36)/t26-,27+/m1/s1. The van der Waals surface area contributed by atoms with Crippen LogP contribution in [-0.2, 0) is 27.2 Å². The van der Waals surface area contributed by atoms with Crippen molar-refractivity contribution < 1.29 is 19.1 Å². The number of carbonyl (C=O) groups excluding carboxylic acids is 2. The van der Waals surface area contributed by atoms with Gasteiger partial charge in [0.05, 0.1) is 5.92 Å². The quantitative estimate of drug-likeness (QED) is 0.373. The molecule has 1 saturated heterocycles. The summed E-state index contributed by atoms with van der Waals surface area (Å²) in [5.74, 6) is -0.614. The molecule has 1 N–H and O–H groups in total. The van der Waals surface area contributed by atoms with E-state index in [9.17, 15) is 14.4 Å². The van der Waals surface area contributed by atoms with Gasteiger partial charge in [-0.3, -0.25) is 9.59 Å². The highest BCUT2D eigenvalue weighted by Gasteiger charge is 2.43. The zero-order valence-corrected chi connectivity index (χ0v) is 25.9. The van der Waals surface area contributed by atoms with Gasteiger partial charge in [-0.15, -0.1) is 0 Å². The first kappa shape index (κ1) is 30.3. The van der Waals surface area contributed by atoms with Crippen LogP contribution in [0.5, 0.6) is 0 Å². The maximum absolute atomic E-state index is 14.4. The minimum atomic E-state index is -0.626. The molecule has 2 fully saturated rings. The zero-order chi connectivity index (χ0) is 29.0. The van der Waals surface area contributed by atoms with Crippen molar-refractivity contribution in [3.8, 4) is 0 Å². The molecule has 0 radical (unpaired) electrons. The summed E-state index contributed by atoms with van der Waals surface area (Å²) in [6, 6.07) is 10.1. The van der Waals surface area contributed by atoms with Crippen LogP contribution in [0.4, 0.5) is 4.79 Å². The Labute approximate surface area is 245 Å². The number of hydrogen-bond donors (Lipinski definition) is 1. The number of nitrogens with zero attached hydrogens (tertiary/aromatic N) is 2. The number of rotatable bonds is 9. The van der Waals surface area contributed by atoms with Crippen LogP contribution in [0.25, 0.3) is 0 Å². The summed E-state index contributed by atoms with van der Waals surface area (Å²) in [5, 5.41) is 0. The first-order valence-electron chi connectivity index (χ1n) is 14.2. The topological polar surface area (TPSA) is 91.9 Å². The predicted octanol–water partition coefficient (Wildman–Crippen LogP) is 5.56. The number of aryl methyl sites for hydroxylation is 2. The SMILES string of the molecule is COCCCc1cc(Br)cc(CN(C(=O)[C@H]2CN(C(=O)OC(C)(C)C)CC[C@@H]2c2cc(C)[nH]c(=O)c2)C2CC2)c1. The summed E-state index contributed by atoms with van der Waals surface area (Å²) < 4.78 is 11.9. The van der Waals surface area contributed by atoms with Crippen LogP contribution >= 0.6 is 15.9 Å². The number of aromatic amines is 1. The van der Waals surface area contributed by atoms with E-state index < -0.39 is 17.6 Å². The van der Waals surface area contributed by atoms with Gasteiger partial charge in [0.25, 0.3) is 0 Å². The Morgan fingerprint density at radius 2 is 1.82 bits per heavy atom. The summed E-state index contributed by atoms with van der Waals surface area (Å²) >= 11 is 3.65. The molecule has 1 aliphatic carbocycles. The molecule has 1 aliphatic heterocycles. The van der Waals surface area contributed by atoms with Gasteiger partial charge in [0.2, 0.25) is 11.5 Å². The molecule has 0 spiro atoms. The molecule has 0 unspecified atom stereocenters. The van der Waals surface area contributed by atoms with Gasteiger partial charge in [0, 0.05) is 55.6 Å². The van der Waals surface area contributed by atoms with E-state index in [1.165, 1.54) is 5.56 Å². The summed E-state index contributed by atoms with van der Waals surface area (Å²) in [4.78, 5) is 46.3. The smallest absolute Gasteiger partial charge is 0.410 e. The molecule has 40 heavy (non-hydrogen) atoms. The molecular weight excluding hydrogens is 574 g/mol. The van der Waals surface area contributed by atoms with E-state index in [0.29, 0.717) is 26.1 Å². The molecule has 2 amide bonds. The van der Waals surface area contributed by atoms with E-state index >= 15 is 0 Å².